The van der Waals surface area contributed by atoms with E-state index in [-0.39, 0.29) is 11.5 Å². The van der Waals surface area contributed by atoms with E-state index in [4.69, 9.17) is 0 Å². The highest BCUT2D eigenvalue weighted by Gasteiger charge is 2.20. The van der Waals surface area contributed by atoms with Crippen LogP contribution in [0.2, 0.25) is 0 Å². The Kier molecular flexibility index (Phi) is 6.03. The summed E-state index contributed by atoms with van der Waals surface area (Å²) in [6, 6.07) is 18.0. The monoisotopic (exact) mass is 561 g/mol. The number of halogens is 1. The molecule has 0 aliphatic rings. The van der Waals surface area contributed by atoms with E-state index in [0.717, 1.165) is 43.0 Å². The molecule has 0 saturated carbocycles. The molecule has 0 saturated heterocycles. The molecule has 3 heterocycles. The first-order valence-corrected chi connectivity index (χ1v) is 12.2. The molecule has 0 spiro atoms. The first-order chi connectivity index (χ1) is 16.4. The molecule has 0 N–H and O–H groups in total. The Hall–Kier alpha value is -3.33. The predicted octanol–water partition coefficient (Wildman–Crippen LogP) is 5.44. The molecule has 0 bridgehead atoms. The van der Waals surface area contributed by atoms with Gasteiger partial charge in [0.2, 0.25) is 0 Å². The molecule has 0 amide bonds. The molecule has 2 aromatic carbocycles. The van der Waals surface area contributed by atoms with Gasteiger partial charge in [-0.25, -0.2) is 9.97 Å². The van der Waals surface area contributed by atoms with Crippen LogP contribution in [0.4, 0.5) is 0 Å². The lowest BCUT2D eigenvalue weighted by atomic mass is 9.95. The number of benzene rings is 2. The van der Waals surface area contributed by atoms with Gasteiger partial charge < -0.3 is 0 Å². The van der Waals surface area contributed by atoms with Gasteiger partial charge in [-0.15, -0.1) is 0 Å². The van der Waals surface area contributed by atoms with Crippen molar-refractivity contribution in [1.82, 2.24) is 24.3 Å². The van der Waals surface area contributed by atoms with Gasteiger partial charge >= 0.3 is 0 Å². The molecule has 0 radical (unpaired) electrons. The van der Waals surface area contributed by atoms with E-state index in [0.29, 0.717) is 11.8 Å². The van der Waals surface area contributed by atoms with Gasteiger partial charge in [0.15, 0.2) is 0 Å². The van der Waals surface area contributed by atoms with E-state index in [9.17, 15) is 4.79 Å². The molecule has 1 atom stereocenters. The smallest absolute Gasteiger partial charge is 0.263 e. The average molecular weight is 561 g/mol. The molecule has 0 fully saturated rings. The first kappa shape index (κ1) is 22.5. The number of aromatic nitrogens is 5. The number of aryl methyl sites for hydroxylation is 2. The van der Waals surface area contributed by atoms with Gasteiger partial charge in [0, 0.05) is 42.3 Å². The van der Waals surface area contributed by atoms with Crippen molar-refractivity contribution in [3.63, 3.8) is 0 Å². The van der Waals surface area contributed by atoms with Gasteiger partial charge in [-0.05, 0) is 65.1 Å². The lowest BCUT2D eigenvalue weighted by Gasteiger charge is -2.21. The SMILES string of the molecule is Cc1ncc(I)c(C[C@@H](C)c2cc3cccc(-c4cnn(C)c4)c3c(=O)n2-c2ccccc2)n1. The molecule has 170 valence electrons. The second kappa shape index (κ2) is 9.13. The topological polar surface area (TPSA) is 65.6 Å². The summed E-state index contributed by atoms with van der Waals surface area (Å²) in [5, 5.41) is 5.94. The zero-order chi connectivity index (χ0) is 23.8. The molecule has 7 heteroatoms. The van der Waals surface area contributed by atoms with Crippen LogP contribution >= 0.6 is 22.6 Å². The van der Waals surface area contributed by atoms with Crippen LogP contribution < -0.4 is 5.56 Å². The van der Waals surface area contributed by atoms with Crippen LogP contribution in [0.1, 0.15) is 30.1 Å². The van der Waals surface area contributed by atoms with Gasteiger partial charge in [-0.2, -0.15) is 5.10 Å². The normalized spacial score (nSPS) is 12.2. The van der Waals surface area contributed by atoms with Crippen LogP contribution in [0, 0.1) is 10.5 Å². The number of nitrogens with zero attached hydrogens (tertiary/aromatic N) is 5. The third kappa shape index (κ3) is 4.16. The van der Waals surface area contributed by atoms with E-state index in [2.05, 4.69) is 50.6 Å². The fourth-order valence-corrected chi connectivity index (χ4v) is 4.91. The van der Waals surface area contributed by atoms with Crippen molar-refractivity contribution >= 4 is 33.4 Å². The maximum atomic E-state index is 14.1. The highest BCUT2D eigenvalue weighted by Crippen LogP contribution is 2.30. The summed E-state index contributed by atoms with van der Waals surface area (Å²) < 4.78 is 4.64. The number of fused-ring (bicyclic) bond motifs is 1. The quantitative estimate of drug-likeness (QED) is 0.268. The Morgan fingerprint density at radius 1 is 1.06 bits per heavy atom. The Balaban J connectivity index is 1.75. The van der Waals surface area contributed by atoms with Crippen LogP contribution in [0.15, 0.2) is 78.0 Å². The minimum atomic E-state index is -0.0291. The molecule has 0 unspecified atom stereocenters. The lowest BCUT2D eigenvalue weighted by Crippen LogP contribution is -2.24. The first-order valence-electron chi connectivity index (χ1n) is 11.1. The molecular formula is C27H24IN5O. The Morgan fingerprint density at radius 2 is 1.85 bits per heavy atom. The van der Waals surface area contributed by atoms with Crippen LogP contribution in [0.5, 0.6) is 0 Å². The molecule has 6 nitrogen and oxygen atoms in total. The van der Waals surface area contributed by atoms with E-state index >= 15 is 0 Å². The number of hydrogen-bond acceptors (Lipinski definition) is 4. The highest BCUT2D eigenvalue weighted by molar-refractivity contribution is 14.1. The summed E-state index contributed by atoms with van der Waals surface area (Å²) in [5.74, 6) is 0.810. The minimum Gasteiger partial charge on any atom is -0.280 e. The average Bonchev–Trinajstić information content (AvgIpc) is 3.27. The van der Waals surface area contributed by atoms with Crippen molar-refractivity contribution in [3.05, 3.63) is 104 Å². The molecule has 3 aromatic heterocycles. The number of hydrogen-bond donors (Lipinski definition) is 0. The predicted molar refractivity (Wildman–Crippen MR) is 143 cm³/mol. The summed E-state index contributed by atoms with van der Waals surface area (Å²) in [4.78, 5) is 23.1. The highest BCUT2D eigenvalue weighted by atomic mass is 127. The van der Waals surface area contributed by atoms with Crippen molar-refractivity contribution < 1.29 is 0 Å². The Bertz CT molecular complexity index is 1560. The lowest BCUT2D eigenvalue weighted by molar-refractivity contribution is 0.678. The Labute approximate surface area is 211 Å². The third-order valence-electron chi connectivity index (χ3n) is 6.05. The van der Waals surface area contributed by atoms with E-state index < -0.39 is 0 Å². The van der Waals surface area contributed by atoms with Crippen molar-refractivity contribution in [2.75, 3.05) is 0 Å². The zero-order valence-corrected chi connectivity index (χ0v) is 21.4. The van der Waals surface area contributed by atoms with Crippen LogP contribution in [-0.4, -0.2) is 24.3 Å². The van der Waals surface area contributed by atoms with E-state index in [1.165, 1.54) is 0 Å². The summed E-state index contributed by atoms with van der Waals surface area (Å²) >= 11 is 2.28. The van der Waals surface area contributed by atoms with Crippen molar-refractivity contribution in [2.45, 2.75) is 26.2 Å². The minimum absolute atomic E-state index is 0.0291. The largest absolute Gasteiger partial charge is 0.280 e. The second-order valence-electron chi connectivity index (χ2n) is 8.53. The molecule has 34 heavy (non-hydrogen) atoms. The maximum Gasteiger partial charge on any atom is 0.263 e. The molecule has 0 aliphatic heterocycles. The van der Waals surface area contributed by atoms with Crippen molar-refractivity contribution in [1.29, 1.82) is 0 Å². The molecular weight excluding hydrogens is 537 g/mol. The van der Waals surface area contributed by atoms with Crippen LogP contribution in [-0.2, 0) is 13.5 Å². The van der Waals surface area contributed by atoms with Crippen LogP contribution in [0.3, 0.4) is 0 Å². The summed E-state index contributed by atoms with van der Waals surface area (Å²) in [6.45, 7) is 4.05. The van der Waals surface area contributed by atoms with Crippen molar-refractivity contribution in [3.8, 4) is 16.8 Å². The van der Waals surface area contributed by atoms with Crippen molar-refractivity contribution in [2.24, 2.45) is 7.05 Å². The molecule has 0 aliphatic carbocycles. The van der Waals surface area contributed by atoms with Gasteiger partial charge in [0.05, 0.1) is 20.8 Å². The zero-order valence-electron chi connectivity index (χ0n) is 19.2. The fourth-order valence-electron chi connectivity index (χ4n) is 4.43. The van der Waals surface area contributed by atoms with Gasteiger partial charge in [0.25, 0.3) is 5.56 Å². The second-order valence-corrected chi connectivity index (χ2v) is 9.70. The molecule has 5 rings (SSSR count). The Morgan fingerprint density at radius 3 is 2.59 bits per heavy atom. The maximum absolute atomic E-state index is 14.1. The number of para-hydroxylation sites is 1. The summed E-state index contributed by atoms with van der Waals surface area (Å²) in [6.07, 6.45) is 6.31. The van der Waals surface area contributed by atoms with Gasteiger partial charge in [-0.3, -0.25) is 14.0 Å². The third-order valence-corrected chi connectivity index (χ3v) is 6.95. The van der Waals surface area contributed by atoms with Gasteiger partial charge in [0.1, 0.15) is 5.82 Å². The van der Waals surface area contributed by atoms with E-state index in [1.54, 1.807) is 10.9 Å². The molecule has 5 aromatic rings. The number of pyridine rings is 1. The van der Waals surface area contributed by atoms with E-state index in [1.807, 2.05) is 79.5 Å². The standard InChI is InChI=1S/C27H24IN5O/c1-17(12-24-23(28)15-29-18(2)31-24)25-13-19-8-7-11-22(20-14-30-32(3)16-20)26(19)27(34)33(25)21-9-5-4-6-10-21/h4-11,13-17H,12H2,1-3H3/t17-/m1/s1. The van der Waals surface area contributed by atoms with Gasteiger partial charge in [-0.1, -0.05) is 43.3 Å². The summed E-state index contributed by atoms with van der Waals surface area (Å²) in [7, 11) is 1.88. The number of rotatable bonds is 5. The summed E-state index contributed by atoms with van der Waals surface area (Å²) in [5.41, 5.74) is 4.59. The fraction of sp³-hybridized carbons (Fsp3) is 0.185. The van der Waals surface area contributed by atoms with Crippen LogP contribution in [0.25, 0.3) is 27.6 Å².